The molecule has 1 aliphatic heterocycles. The first kappa shape index (κ1) is 37.0. The fourth-order valence-electron chi connectivity index (χ4n) is 9.01. The van der Waals surface area contributed by atoms with Crippen molar-refractivity contribution < 1.29 is 32.6 Å². The van der Waals surface area contributed by atoms with Gasteiger partial charge in [0.05, 0.1) is 29.6 Å². The molecule has 0 unspecified atom stereocenters. The van der Waals surface area contributed by atoms with E-state index < -0.39 is 11.2 Å². The fourth-order valence-corrected chi connectivity index (χ4v) is 9.01. The molecule has 1 saturated heterocycles. The summed E-state index contributed by atoms with van der Waals surface area (Å²) in [7, 11) is 0. The van der Waals surface area contributed by atoms with Crippen molar-refractivity contribution in [2.75, 3.05) is 26.3 Å². The molecule has 51 heavy (non-hydrogen) atoms. The molecule has 0 bridgehead atoms. The van der Waals surface area contributed by atoms with E-state index in [1.54, 1.807) is 34.6 Å². The number of amides is 2. The molecule has 6 rings (SSSR count). The highest BCUT2D eigenvalue weighted by Gasteiger charge is 2.46. The van der Waals surface area contributed by atoms with E-state index in [-0.39, 0.29) is 41.6 Å². The lowest BCUT2D eigenvalue weighted by molar-refractivity contribution is -0.149. The minimum atomic E-state index is -0.965. The minimum absolute atomic E-state index is 0.0725. The molecule has 3 fully saturated rings. The fraction of sp³-hybridized carbons (Fsp3) is 0.585. The molecule has 3 atom stereocenters. The van der Waals surface area contributed by atoms with Crippen LogP contribution in [0.15, 0.2) is 42.5 Å². The number of rotatable bonds is 9. The van der Waals surface area contributed by atoms with Crippen molar-refractivity contribution in [2.24, 2.45) is 17.8 Å². The van der Waals surface area contributed by atoms with Crippen LogP contribution in [0.1, 0.15) is 95.4 Å². The lowest BCUT2D eigenvalue weighted by Crippen LogP contribution is -2.56. The van der Waals surface area contributed by atoms with Gasteiger partial charge < -0.3 is 19.7 Å². The van der Waals surface area contributed by atoms with Gasteiger partial charge in [0.25, 0.3) is 0 Å². The maximum absolute atomic E-state index is 14.7. The molecule has 2 aliphatic carbocycles. The minimum Gasteiger partial charge on any atom is -0.466 e. The molecule has 2 heterocycles. The van der Waals surface area contributed by atoms with Crippen LogP contribution in [-0.2, 0) is 30.9 Å². The lowest BCUT2D eigenvalue weighted by Gasteiger charge is -2.43. The second-order valence-corrected chi connectivity index (χ2v) is 15.0. The molecule has 8 nitrogen and oxygen atoms in total. The molecule has 1 aromatic heterocycles. The van der Waals surface area contributed by atoms with Gasteiger partial charge in [-0.25, -0.2) is 13.6 Å². The molecule has 3 aliphatic rings. The van der Waals surface area contributed by atoms with E-state index in [4.69, 9.17) is 9.47 Å². The number of likely N-dealkylation sites (tertiary alicyclic amines) is 1. The number of nitrogens with zero attached hydrogens (tertiary/aromatic N) is 2. The summed E-state index contributed by atoms with van der Waals surface area (Å²) < 4.78 is 41.6. The number of esters is 1. The Kier molecular flexibility index (Phi) is 11.5. The first-order valence-electron chi connectivity index (χ1n) is 19.0. The summed E-state index contributed by atoms with van der Waals surface area (Å²) in [6, 6.07) is 10.5. The van der Waals surface area contributed by atoms with Gasteiger partial charge in [-0.15, -0.1) is 0 Å². The van der Waals surface area contributed by atoms with Crippen molar-refractivity contribution in [3.8, 4) is 0 Å². The van der Waals surface area contributed by atoms with Gasteiger partial charge in [-0.1, -0.05) is 19.1 Å². The molecule has 2 amide bonds. The summed E-state index contributed by atoms with van der Waals surface area (Å²) in [5, 5.41) is 4.21. The van der Waals surface area contributed by atoms with Crippen LogP contribution < -0.4 is 5.32 Å². The van der Waals surface area contributed by atoms with Gasteiger partial charge >= 0.3 is 12.0 Å². The smallest absolute Gasteiger partial charge is 0.328 e. The molecular formula is C41H53F2N3O5. The summed E-state index contributed by atoms with van der Waals surface area (Å²) in [6.07, 6.45) is 7.92. The Morgan fingerprint density at radius 2 is 1.59 bits per heavy atom. The number of piperidine rings is 1. The molecule has 0 radical (unpaired) electrons. The molecule has 276 valence electrons. The number of hydrogen-bond acceptors (Lipinski definition) is 5. The predicted octanol–water partition coefficient (Wildman–Crippen LogP) is 7.85. The summed E-state index contributed by atoms with van der Waals surface area (Å²) in [5.41, 5.74) is 2.23. The first-order chi connectivity index (χ1) is 24.5. The van der Waals surface area contributed by atoms with Gasteiger partial charge in [-0.3, -0.25) is 14.2 Å². The third-order valence-electron chi connectivity index (χ3n) is 12.0. The van der Waals surface area contributed by atoms with Crippen LogP contribution in [0.25, 0.3) is 10.9 Å². The number of carbonyl (C=O) groups is 3. The van der Waals surface area contributed by atoms with Crippen LogP contribution in [0.5, 0.6) is 0 Å². The van der Waals surface area contributed by atoms with Crippen molar-refractivity contribution in [2.45, 2.75) is 109 Å². The third kappa shape index (κ3) is 7.71. The Balaban J connectivity index is 1.21. The number of carbonyl (C=O) groups excluding carboxylic acids is 3. The molecule has 2 aromatic carbocycles. The molecular weight excluding hydrogens is 652 g/mol. The molecule has 1 N–H and O–H groups in total. The van der Waals surface area contributed by atoms with Crippen molar-refractivity contribution in [1.29, 1.82) is 0 Å². The normalized spacial score (nSPS) is 25.1. The second-order valence-electron chi connectivity index (χ2n) is 15.0. The van der Waals surface area contributed by atoms with Gasteiger partial charge in [-0.05, 0) is 138 Å². The van der Waals surface area contributed by atoms with Gasteiger partial charge in [-0.2, -0.15) is 0 Å². The average Bonchev–Trinajstić information content (AvgIpc) is 3.39. The number of nitrogens with one attached hydrogen (secondary N) is 1. The Bertz CT molecular complexity index is 1710. The number of hydrogen-bond donors (Lipinski definition) is 1. The SMILES string of the molecule is CCOC(=O)[C@H]1CC[C@H](NC(=O)C2(c3ccc(F)cc3)CCN(C(=O)n3c(C)c(CC4CCC(OCC)CC4)c4ccc(F)cc43)CC2)[C@@H](C)C1. The maximum Gasteiger partial charge on any atom is 0.328 e. The molecule has 10 heteroatoms. The van der Waals surface area contributed by atoms with Crippen molar-refractivity contribution in [3.63, 3.8) is 0 Å². The highest BCUT2D eigenvalue weighted by molar-refractivity contribution is 5.96. The highest BCUT2D eigenvalue weighted by Crippen LogP contribution is 2.39. The number of benzene rings is 2. The monoisotopic (exact) mass is 705 g/mol. The summed E-state index contributed by atoms with van der Waals surface area (Å²) >= 11 is 0. The topological polar surface area (TPSA) is 89.9 Å². The number of halogens is 2. The van der Waals surface area contributed by atoms with Gasteiger partial charge in [0.1, 0.15) is 11.6 Å². The molecule has 0 spiro atoms. The van der Waals surface area contributed by atoms with Crippen molar-refractivity contribution in [3.05, 3.63) is 70.9 Å². The number of fused-ring (bicyclic) bond motifs is 1. The van der Waals surface area contributed by atoms with Crippen LogP contribution >= 0.6 is 0 Å². The van der Waals surface area contributed by atoms with Crippen molar-refractivity contribution >= 4 is 28.8 Å². The Morgan fingerprint density at radius 1 is 0.902 bits per heavy atom. The van der Waals surface area contributed by atoms with E-state index in [2.05, 4.69) is 12.2 Å². The van der Waals surface area contributed by atoms with E-state index in [0.29, 0.717) is 74.9 Å². The van der Waals surface area contributed by atoms with E-state index in [1.165, 1.54) is 24.3 Å². The first-order valence-corrected chi connectivity index (χ1v) is 19.0. The van der Waals surface area contributed by atoms with E-state index in [0.717, 1.165) is 55.4 Å². The highest BCUT2D eigenvalue weighted by atomic mass is 19.1. The van der Waals surface area contributed by atoms with Crippen LogP contribution in [0.2, 0.25) is 0 Å². The van der Waals surface area contributed by atoms with E-state index in [1.807, 2.05) is 13.8 Å². The predicted molar refractivity (Wildman–Crippen MR) is 192 cm³/mol. The van der Waals surface area contributed by atoms with Gasteiger partial charge in [0.15, 0.2) is 0 Å². The zero-order chi connectivity index (χ0) is 36.3. The number of aromatic nitrogens is 1. The van der Waals surface area contributed by atoms with Gasteiger partial charge in [0, 0.05) is 36.8 Å². The standard InChI is InChI=1S/C41H53F2N3O5/c1-5-50-33-15-7-28(8-16-33)24-35-27(4)46(37-25-32(43)14-17-34(35)37)40(49)45-21-19-41(20-22-45,30-10-12-31(42)13-11-30)39(48)44-36-18-9-29(23-26(36)3)38(47)51-6-2/h10-14,17,25-26,28-29,33,36H,5-9,15-16,18-24H2,1-4H3,(H,44,48)/t26-,28?,29-,33?,36-/m0/s1. The average molecular weight is 706 g/mol. The number of ether oxygens (including phenoxy) is 2. The zero-order valence-corrected chi connectivity index (χ0v) is 30.5. The molecule has 3 aromatic rings. The van der Waals surface area contributed by atoms with Crippen molar-refractivity contribution in [1.82, 2.24) is 14.8 Å². The summed E-state index contributed by atoms with van der Waals surface area (Å²) in [6.45, 7) is 9.52. The van der Waals surface area contributed by atoms with Crippen LogP contribution in [0.3, 0.4) is 0 Å². The largest absolute Gasteiger partial charge is 0.466 e. The molecule has 2 saturated carbocycles. The van der Waals surface area contributed by atoms with Crippen LogP contribution in [0.4, 0.5) is 13.6 Å². The maximum atomic E-state index is 14.7. The lowest BCUT2D eigenvalue weighted by atomic mass is 9.71. The van der Waals surface area contributed by atoms with E-state index in [9.17, 15) is 23.2 Å². The van der Waals surface area contributed by atoms with Gasteiger partial charge in [0.2, 0.25) is 5.91 Å². The second kappa shape index (κ2) is 15.8. The van der Waals surface area contributed by atoms with E-state index >= 15 is 0 Å². The Labute approximate surface area is 300 Å². The zero-order valence-electron chi connectivity index (χ0n) is 30.5. The summed E-state index contributed by atoms with van der Waals surface area (Å²) in [5.74, 6) is -0.735. The quantitative estimate of drug-likeness (QED) is 0.229. The van der Waals surface area contributed by atoms with Crippen LogP contribution in [-0.4, -0.2) is 65.8 Å². The summed E-state index contributed by atoms with van der Waals surface area (Å²) in [4.78, 5) is 42.9. The van der Waals surface area contributed by atoms with Crippen LogP contribution in [0, 0.1) is 36.3 Å². The Morgan fingerprint density at radius 3 is 2.24 bits per heavy atom. The Hall–Kier alpha value is -3.79. The third-order valence-corrected chi connectivity index (χ3v) is 12.0.